The molecule has 0 unspecified atom stereocenters. The van der Waals surface area contributed by atoms with Gasteiger partial charge in [0.1, 0.15) is 0 Å². The molecule has 1 rings (SSSR count). The fourth-order valence-electron chi connectivity index (χ4n) is 2.89. The van der Waals surface area contributed by atoms with Gasteiger partial charge in [-0.3, -0.25) is 0 Å². The van der Waals surface area contributed by atoms with Gasteiger partial charge in [0.2, 0.25) is 0 Å². The van der Waals surface area contributed by atoms with E-state index in [-0.39, 0.29) is 19.4 Å². The van der Waals surface area contributed by atoms with Crippen LogP contribution in [0.25, 0.3) is 0 Å². The van der Waals surface area contributed by atoms with Gasteiger partial charge in [-0.05, 0) is 37.0 Å². The predicted molar refractivity (Wildman–Crippen MR) is 112 cm³/mol. The standard InChI is InChI=1S/C21H36O4S.H3N/c1-4-5-6-7-8-9-10-11-12-13-17-24-26(22,23)25-18-21-16-14-15-19(2)20(21)3;/h14-16H,4-13,17-18H2,1-3H3;1H3. The third-order valence-electron chi connectivity index (χ3n) is 4.80. The first-order valence-corrected chi connectivity index (χ1v) is 11.4. The Balaban J connectivity index is 0.00000676. The van der Waals surface area contributed by atoms with Crippen LogP contribution in [-0.2, 0) is 25.4 Å². The molecular weight excluding hydrogens is 362 g/mol. The third kappa shape index (κ3) is 12.2. The maximum absolute atomic E-state index is 11.8. The van der Waals surface area contributed by atoms with Gasteiger partial charge in [0.25, 0.3) is 0 Å². The van der Waals surface area contributed by atoms with E-state index >= 15 is 0 Å². The molecule has 0 aliphatic rings. The molecule has 0 atom stereocenters. The van der Waals surface area contributed by atoms with E-state index in [1.807, 2.05) is 32.0 Å². The first-order chi connectivity index (χ1) is 12.5. The summed E-state index contributed by atoms with van der Waals surface area (Å²) in [7, 11) is -3.92. The van der Waals surface area contributed by atoms with E-state index in [4.69, 9.17) is 8.37 Å². The lowest BCUT2D eigenvalue weighted by Crippen LogP contribution is -2.11. The van der Waals surface area contributed by atoms with Crippen molar-refractivity contribution in [1.29, 1.82) is 0 Å². The van der Waals surface area contributed by atoms with Crippen LogP contribution in [0.2, 0.25) is 0 Å². The smallest absolute Gasteiger partial charge is 0.344 e. The Kier molecular flexibility index (Phi) is 14.5. The Labute approximate surface area is 166 Å². The van der Waals surface area contributed by atoms with Crippen LogP contribution in [0.4, 0.5) is 0 Å². The van der Waals surface area contributed by atoms with Crippen molar-refractivity contribution in [3.8, 4) is 0 Å². The first-order valence-electron chi connectivity index (χ1n) is 10.0. The highest BCUT2D eigenvalue weighted by molar-refractivity contribution is 7.81. The quantitative estimate of drug-likeness (QED) is 0.355. The van der Waals surface area contributed by atoms with Crippen molar-refractivity contribution >= 4 is 10.4 Å². The maximum atomic E-state index is 11.8. The van der Waals surface area contributed by atoms with E-state index in [1.165, 1.54) is 44.9 Å². The lowest BCUT2D eigenvalue weighted by molar-refractivity contribution is 0.204. The van der Waals surface area contributed by atoms with Crippen LogP contribution >= 0.6 is 0 Å². The van der Waals surface area contributed by atoms with Crippen molar-refractivity contribution in [3.63, 3.8) is 0 Å². The normalized spacial score (nSPS) is 11.4. The van der Waals surface area contributed by atoms with Crippen molar-refractivity contribution in [2.45, 2.75) is 91.6 Å². The van der Waals surface area contributed by atoms with E-state index < -0.39 is 10.4 Å². The first kappa shape index (κ1) is 26.1. The molecule has 1 aromatic carbocycles. The van der Waals surface area contributed by atoms with Gasteiger partial charge in [-0.15, -0.1) is 0 Å². The lowest BCUT2D eigenvalue weighted by Gasteiger charge is -2.09. The van der Waals surface area contributed by atoms with Gasteiger partial charge in [-0.2, -0.15) is 8.42 Å². The van der Waals surface area contributed by atoms with Gasteiger partial charge in [0, 0.05) is 0 Å². The minimum absolute atomic E-state index is 0. The average molecular weight is 402 g/mol. The van der Waals surface area contributed by atoms with E-state index in [1.54, 1.807) is 0 Å². The summed E-state index contributed by atoms with van der Waals surface area (Å²) in [5.74, 6) is 0. The Morgan fingerprint density at radius 2 is 1.37 bits per heavy atom. The molecule has 0 aliphatic carbocycles. The maximum Gasteiger partial charge on any atom is 0.400 e. The number of unbranched alkanes of at least 4 members (excludes halogenated alkanes) is 9. The molecule has 5 nitrogen and oxygen atoms in total. The van der Waals surface area contributed by atoms with Gasteiger partial charge < -0.3 is 6.15 Å². The van der Waals surface area contributed by atoms with E-state index in [9.17, 15) is 8.42 Å². The summed E-state index contributed by atoms with van der Waals surface area (Å²) in [6, 6.07) is 5.77. The second-order valence-corrected chi connectivity index (χ2v) is 8.32. The lowest BCUT2D eigenvalue weighted by atomic mass is 10.0. The highest BCUT2D eigenvalue weighted by Crippen LogP contribution is 2.15. The fourth-order valence-corrected chi connectivity index (χ4v) is 3.55. The van der Waals surface area contributed by atoms with Gasteiger partial charge in [-0.1, -0.05) is 82.9 Å². The number of hydrogen-bond donors (Lipinski definition) is 1. The molecule has 0 heterocycles. The zero-order valence-corrected chi connectivity index (χ0v) is 18.3. The highest BCUT2D eigenvalue weighted by Gasteiger charge is 2.13. The van der Waals surface area contributed by atoms with Gasteiger partial charge in [0.05, 0.1) is 13.2 Å². The van der Waals surface area contributed by atoms with Crippen molar-refractivity contribution < 1.29 is 16.8 Å². The van der Waals surface area contributed by atoms with Crippen LogP contribution < -0.4 is 6.15 Å². The van der Waals surface area contributed by atoms with Crippen LogP contribution in [0.5, 0.6) is 0 Å². The summed E-state index contributed by atoms with van der Waals surface area (Å²) in [4.78, 5) is 0. The van der Waals surface area contributed by atoms with Gasteiger partial charge in [-0.25, -0.2) is 8.37 Å². The molecular formula is C21H39NO4S. The van der Waals surface area contributed by atoms with Crippen molar-refractivity contribution in [1.82, 2.24) is 6.15 Å². The summed E-state index contributed by atoms with van der Waals surface area (Å²) in [5.41, 5.74) is 3.04. The molecule has 0 saturated carbocycles. The molecule has 158 valence electrons. The van der Waals surface area contributed by atoms with E-state index in [2.05, 4.69) is 6.92 Å². The van der Waals surface area contributed by atoms with E-state index in [0.29, 0.717) is 0 Å². The summed E-state index contributed by atoms with van der Waals surface area (Å²) < 4.78 is 33.6. The topological polar surface area (TPSA) is 87.6 Å². The van der Waals surface area contributed by atoms with Crippen LogP contribution in [0.3, 0.4) is 0 Å². The van der Waals surface area contributed by atoms with Crippen molar-refractivity contribution in [3.05, 3.63) is 34.9 Å². The molecule has 0 saturated heterocycles. The largest absolute Gasteiger partial charge is 0.400 e. The number of aryl methyl sites for hydroxylation is 1. The number of hydrogen-bond acceptors (Lipinski definition) is 5. The van der Waals surface area contributed by atoms with Crippen LogP contribution in [-0.4, -0.2) is 15.0 Å². The van der Waals surface area contributed by atoms with Crippen LogP contribution in [0.15, 0.2) is 18.2 Å². The van der Waals surface area contributed by atoms with Crippen LogP contribution in [0.1, 0.15) is 87.8 Å². The molecule has 6 heteroatoms. The second kappa shape index (κ2) is 15.0. The molecule has 0 bridgehead atoms. The summed E-state index contributed by atoms with van der Waals surface area (Å²) in [5, 5.41) is 0. The molecule has 3 N–H and O–H groups in total. The van der Waals surface area contributed by atoms with Crippen LogP contribution in [0, 0.1) is 13.8 Å². The summed E-state index contributed by atoms with van der Waals surface area (Å²) in [6.45, 7) is 6.41. The highest BCUT2D eigenvalue weighted by atomic mass is 32.3. The predicted octanol–water partition coefficient (Wildman–Crippen LogP) is 6.16. The average Bonchev–Trinajstić information content (AvgIpc) is 2.61. The van der Waals surface area contributed by atoms with Crippen molar-refractivity contribution in [2.24, 2.45) is 0 Å². The second-order valence-electron chi connectivity index (χ2n) is 7.03. The zero-order valence-electron chi connectivity index (χ0n) is 17.5. The molecule has 0 fully saturated rings. The fraction of sp³-hybridized carbons (Fsp3) is 0.714. The number of benzene rings is 1. The van der Waals surface area contributed by atoms with Gasteiger partial charge >= 0.3 is 10.4 Å². The Morgan fingerprint density at radius 3 is 1.96 bits per heavy atom. The van der Waals surface area contributed by atoms with Gasteiger partial charge in [0.15, 0.2) is 0 Å². The monoisotopic (exact) mass is 401 g/mol. The Bertz CT molecular complexity index is 602. The summed E-state index contributed by atoms with van der Waals surface area (Å²) in [6.07, 6.45) is 12.0. The molecule has 0 amide bonds. The number of rotatable bonds is 15. The summed E-state index contributed by atoms with van der Waals surface area (Å²) >= 11 is 0. The third-order valence-corrected chi connectivity index (χ3v) is 5.66. The molecule has 1 aromatic rings. The molecule has 0 radical (unpaired) electrons. The molecule has 0 aliphatic heterocycles. The Hall–Kier alpha value is -0.950. The molecule has 0 aromatic heterocycles. The molecule has 0 spiro atoms. The zero-order chi connectivity index (χ0) is 19.3. The Morgan fingerprint density at radius 1 is 0.815 bits per heavy atom. The minimum atomic E-state index is -3.92. The van der Waals surface area contributed by atoms with E-state index in [0.717, 1.165) is 36.0 Å². The SMILES string of the molecule is CCCCCCCCCCCCOS(=O)(=O)OCc1cccc(C)c1C.N. The minimum Gasteiger partial charge on any atom is -0.344 e. The molecule has 27 heavy (non-hydrogen) atoms. The van der Waals surface area contributed by atoms with Crippen molar-refractivity contribution in [2.75, 3.05) is 6.61 Å².